The maximum Gasteiger partial charge on any atom is 0.305 e. The summed E-state index contributed by atoms with van der Waals surface area (Å²) in [5.41, 5.74) is 0. The molecule has 0 rings (SSSR count). The van der Waals surface area contributed by atoms with Crippen LogP contribution in [0.25, 0.3) is 0 Å². The second-order valence-electron chi connectivity index (χ2n) is 8.49. The van der Waals surface area contributed by atoms with Crippen molar-refractivity contribution in [1.82, 2.24) is 0 Å². The molecule has 0 aliphatic carbocycles. The van der Waals surface area contributed by atoms with E-state index < -0.39 is 42.1 Å². The summed E-state index contributed by atoms with van der Waals surface area (Å²) in [5.74, 6) is -2.38. The molecule has 0 saturated heterocycles. The molecule has 0 spiro atoms. The van der Waals surface area contributed by atoms with E-state index >= 15 is 0 Å². The molecule has 0 N–H and O–H groups in total. The molecular weight excluding hydrogens is 468 g/mol. The lowest BCUT2D eigenvalue weighted by atomic mass is 9.89. The van der Waals surface area contributed by atoms with Gasteiger partial charge < -0.3 is 23.7 Å². The molecule has 4 atom stereocenters. The zero-order valence-corrected chi connectivity index (χ0v) is 22.2. The molecule has 0 aliphatic rings. The molecule has 0 aromatic heterocycles. The lowest BCUT2D eigenvalue weighted by molar-refractivity contribution is -0.157. The summed E-state index contributed by atoms with van der Waals surface area (Å²) in [5, 5.41) is 0. The number of methoxy groups -OCH3 is 1. The average Bonchev–Trinajstić information content (AvgIpc) is 2.80. The van der Waals surface area contributed by atoms with E-state index in [1.807, 2.05) is 12.2 Å². The second kappa shape index (κ2) is 20.2. The quantitative estimate of drug-likeness (QED) is 0.0817. The minimum Gasteiger partial charge on any atom is -0.469 e. The SMILES string of the molecule is CCCCC[C@@H](/C=C/[C@@H](OC(C)=O)[C@@H](C/C=C\CCCC(=O)OC)[C@H](CC=O)OC(C)=O)OC(C)=O. The number of hydrogen-bond acceptors (Lipinski definition) is 9. The number of rotatable bonds is 19. The summed E-state index contributed by atoms with van der Waals surface area (Å²) in [6.07, 6.45) is 10.8. The molecule has 0 saturated carbocycles. The Hall–Kier alpha value is -2.97. The van der Waals surface area contributed by atoms with Crippen molar-refractivity contribution in [3.63, 3.8) is 0 Å². The summed E-state index contributed by atoms with van der Waals surface area (Å²) in [4.78, 5) is 57.9. The van der Waals surface area contributed by atoms with Gasteiger partial charge in [-0.2, -0.15) is 0 Å². The zero-order chi connectivity index (χ0) is 27.3. The molecule has 0 unspecified atom stereocenters. The van der Waals surface area contributed by atoms with Crippen LogP contribution in [-0.2, 0) is 42.9 Å². The van der Waals surface area contributed by atoms with E-state index in [0.29, 0.717) is 38.4 Å². The maximum absolute atomic E-state index is 11.9. The van der Waals surface area contributed by atoms with Gasteiger partial charge in [0.15, 0.2) is 0 Å². The van der Waals surface area contributed by atoms with Crippen LogP contribution in [0.4, 0.5) is 0 Å². The first-order valence-corrected chi connectivity index (χ1v) is 12.5. The Bertz CT molecular complexity index is 742. The van der Waals surface area contributed by atoms with Crippen LogP contribution < -0.4 is 0 Å². The lowest BCUT2D eigenvalue weighted by Crippen LogP contribution is -2.37. The van der Waals surface area contributed by atoms with Gasteiger partial charge in [-0.25, -0.2) is 0 Å². The van der Waals surface area contributed by atoms with E-state index in [9.17, 15) is 24.0 Å². The van der Waals surface area contributed by atoms with Gasteiger partial charge in [-0.15, -0.1) is 0 Å². The molecule has 0 aromatic carbocycles. The molecule has 0 fully saturated rings. The van der Waals surface area contributed by atoms with Crippen molar-refractivity contribution in [2.24, 2.45) is 5.92 Å². The molecular formula is C27H42O9. The summed E-state index contributed by atoms with van der Waals surface area (Å²) in [6.45, 7) is 5.92. The van der Waals surface area contributed by atoms with Gasteiger partial charge in [0.1, 0.15) is 24.6 Å². The lowest BCUT2D eigenvalue weighted by Gasteiger charge is -2.30. The van der Waals surface area contributed by atoms with Crippen molar-refractivity contribution < 1.29 is 42.9 Å². The second-order valence-corrected chi connectivity index (χ2v) is 8.49. The van der Waals surface area contributed by atoms with Gasteiger partial charge >= 0.3 is 23.9 Å². The van der Waals surface area contributed by atoms with Crippen molar-refractivity contribution >= 4 is 30.2 Å². The summed E-state index contributed by atoms with van der Waals surface area (Å²) >= 11 is 0. The Morgan fingerprint density at radius 1 is 0.806 bits per heavy atom. The molecule has 9 heteroatoms. The maximum atomic E-state index is 11.9. The highest BCUT2D eigenvalue weighted by Crippen LogP contribution is 2.25. The highest BCUT2D eigenvalue weighted by atomic mass is 16.6. The van der Waals surface area contributed by atoms with E-state index in [0.717, 1.165) is 19.3 Å². The first kappa shape index (κ1) is 33.0. The van der Waals surface area contributed by atoms with Crippen LogP contribution in [-0.4, -0.2) is 55.6 Å². The van der Waals surface area contributed by atoms with Gasteiger partial charge in [0.25, 0.3) is 0 Å². The fourth-order valence-corrected chi connectivity index (χ4v) is 3.65. The van der Waals surface area contributed by atoms with Crippen LogP contribution in [0.2, 0.25) is 0 Å². The Balaban J connectivity index is 5.84. The van der Waals surface area contributed by atoms with Gasteiger partial charge in [0, 0.05) is 39.5 Å². The number of esters is 4. The van der Waals surface area contributed by atoms with E-state index in [-0.39, 0.29) is 12.4 Å². The Morgan fingerprint density at radius 3 is 2.03 bits per heavy atom. The monoisotopic (exact) mass is 510 g/mol. The van der Waals surface area contributed by atoms with Crippen molar-refractivity contribution in [2.45, 2.75) is 104 Å². The van der Waals surface area contributed by atoms with Gasteiger partial charge in [0.2, 0.25) is 0 Å². The van der Waals surface area contributed by atoms with Crippen LogP contribution in [0.15, 0.2) is 24.3 Å². The number of carbonyl (C=O) groups excluding carboxylic acids is 5. The van der Waals surface area contributed by atoms with E-state index in [4.69, 9.17) is 14.2 Å². The highest BCUT2D eigenvalue weighted by molar-refractivity contribution is 5.69. The van der Waals surface area contributed by atoms with Crippen LogP contribution in [0.5, 0.6) is 0 Å². The van der Waals surface area contributed by atoms with Gasteiger partial charge in [-0.1, -0.05) is 31.9 Å². The normalized spacial score (nSPS) is 14.6. The number of ether oxygens (including phenoxy) is 4. The predicted octanol–water partition coefficient (Wildman–Crippen LogP) is 4.41. The highest BCUT2D eigenvalue weighted by Gasteiger charge is 2.32. The summed E-state index contributed by atoms with van der Waals surface area (Å²) < 4.78 is 21.0. The third-order valence-electron chi connectivity index (χ3n) is 5.33. The molecule has 0 heterocycles. The van der Waals surface area contributed by atoms with Crippen LogP contribution >= 0.6 is 0 Å². The topological polar surface area (TPSA) is 122 Å². The first-order chi connectivity index (χ1) is 17.1. The molecule has 36 heavy (non-hydrogen) atoms. The minimum absolute atomic E-state index is 0.0735. The number of unbranched alkanes of at least 4 members (excludes halogenated alkanes) is 3. The standard InChI is InChI=1S/C27H42O9/c1-6-7-10-13-23(34-20(2)29)16-17-25(35-21(3)30)24(26(18-19-28)36-22(4)31)14-11-8-9-12-15-27(32)33-5/h8,11,16-17,19,23-26H,6-7,9-10,12-15,18H2,1-5H3/b11-8-,17-16+/t23-,24+,25+,26-/m0/s1. The van der Waals surface area contributed by atoms with Crippen molar-refractivity contribution in [3.05, 3.63) is 24.3 Å². The number of aldehydes is 1. The molecule has 204 valence electrons. The predicted molar refractivity (Wildman–Crippen MR) is 134 cm³/mol. The zero-order valence-electron chi connectivity index (χ0n) is 22.2. The van der Waals surface area contributed by atoms with Crippen LogP contribution in [0, 0.1) is 5.92 Å². The number of allylic oxidation sites excluding steroid dienone is 2. The number of carbonyl (C=O) groups is 5. The summed E-state index contributed by atoms with van der Waals surface area (Å²) in [6, 6.07) is 0. The van der Waals surface area contributed by atoms with Crippen LogP contribution in [0.1, 0.15) is 85.5 Å². The first-order valence-electron chi connectivity index (χ1n) is 12.5. The molecule has 0 amide bonds. The van der Waals surface area contributed by atoms with E-state index in [2.05, 4.69) is 11.7 Å². The molecule has 0 bridgehead atoms. The van der Waals surface area contributed by atoms with Crippen molar-refractivity contribution in [1.29, 1.82) is 0 Å². The van der Waals surface area contributed by atoms with Crippen LogP contribution in [0.3, 0.4) is 0 Å². The molecule has 0 aromatic rings. The van der Waals surface area contributed by atoms with Gasteiger partial charge in [-0.05, 0) is 44.3 Å². The molecule has 0 radical (unpaired) electrons. The van der Waals surface area contributed by atoms with Gasteiger partial charge in [0.05, 0.1) is 7.11 Å². The fourth-order valence-electron chi connectivity index (χ4n) is 3.65. The third kappa shape index (κ3) is 16.6. The number of hydrogen-bond donors (Lipinski definition) is 0. The Kier molecular flexibility index (Phi) is 18.6. The smallest absolute Gasteiger partial charge is 0.305 e. The van der Waals surface area contributed by atoms with Crippen molar-refractivity contribution in [2.75, 3.05) is 7.11 Å². The third-order valence-corrected chi connectivity index (χ3v) is 5.33. The van der Waals surface area contributed by atoms with E-state index in [1.165, 1.54) is 27.9 Å². The summed E-state index contributed by atoms with van der Waals surface area (Å²) in [7, 11) is 1.34. The van der Waals surface area contributed by atoms with Gasteiger partial charge in [-0.3, -0.25) is 19.2 Å². The minimum atomic E-state index is -0.837. The largest absolute Gasteiger partial charge is 0.469 e. The Morgan fingerprint density at radius 2 is 1.47 bits per heavy atom. The average molecular weight is 511 g/mol. The molecule has 0 aliphatic heterocycles. The molecule has 9 nitrogen and oxygen atoms in total. The van der Waals surface area contributed by atoms with E-state index in [1.54, 1.807) is 12.2 Å². The Labute approximate surface area is 214 Å². The fraction of sp³-hybridized carbons (Fsp3) is 0.667. The van der Waals surface area contributed by atoms with Crippen molar-refractivity contribution in [3.8, 4) is 0 Å².